The van der Waals surface area contributed by atoms with Gasteiger partial charge >= 0.3 is 5.97 Å². The molecule has 1 atom stereocenters. The maximum atomic E-state index is 11.9. The summed E-state index contributed by atoms with van der Waals surface area (Å²) in [6.07, 6.45) is -0.122. The molecule has 1 aromatic heterocycles. The van der Waals surface area contributed by atoms with Gasteiger partial charge in [-0.15, -0.1) is 0 Å². The Kier molecular flexibility index (Phi) is 7.69. The zero-order valence-corrected chi connectivity index (χ0v) is 17.8. The Labute approximate surface area is 178 Å². The largest absolute Gasteiger partial charge is 0.492 e. The van der Waals surface area contributed by atoms with Crippen molar-refractivity contribution in [2.45, 2.75) is 32.9 Å². The van der Waals surface area contributed by atoms with Crippen LogP contribution in [-0.4, -0.2) is 37.0 Å². The third-order valence-electron chi connectivity index (χ3n) is 5.03. The lowest BCUT2D eigenvalue weighted by Crippen LogP contribution is -2.27. The number of ether oxygens (including phenoxy) is 3. The molecule has 30 heavy (non-hydrogen) atoms. The molecule has 0 saturated carbocycles. The van der Waals surface area contributed by atoms with Gasteiger partial charge in [0.1, 0.15) is 12.4 Å². The van der Waals surface area contributed by atoms with E-state index in [-0.39, 0.29) is 5.97 Å². The van der Waals surface area contributed by atoms with Gasteiger partial charge in [-0.1, -0.05) is 42.5 Å². The first-order valence-corrected chi connectivity index (χ1v) is 10.2. The average Bonchev–Trinajstić information content (AvgIpc) is 3.14. The van der Waals surface area contributed by atoms with Crippen molar-refractivity contribution in [2.75, 3.05) is 20.3 Å². The van der Waals surface area contributed by atoms with E-state index in [0.717, 1.165) is 17.9 Å². The molecule has 0 N–H and O–H groups in total. The zero-order valence-electron chi connectivity index (χ0n) is 17.8. The fraction of sp³-hybridized carbons (Fsp3) is 0.320. The first-order chi connectivity index (χ1) is 14.6. The number of hydrogen-bond acceptors (Lipinski definition) is 4. The van der Waals surface area contributed by atoms with Crippen molar-refractivity contribution in [1.82, 2.24) is 4.57 Å². The van der Waals surface area contributed by atoms with Gasteiger partial charge in [0.05, 0.1) is 13.2 Å². The number of aryl methyl sites for hydroxylation is 1. The first-order valence-electron chi connectivity index (χ1n) is 10.2. The van der Waals surface area contributed by atoms with E-state index in [1.807, 2.05) is 30.3 Å². The van der Waals surface area contributed by atoms with E-state index in [1.165, 1.54) is 24.1 Å². The molecule has 0 spiro atoms. The van der Waals surface area contributed by atoms with Gasteiger partial charge in [-0.25, -0.2) is 4.79 Å². The van der Waals surface area contributed by atoms with Gasteiger partial charge in [0.25, 0.3) is 0 Å². The summed E-state index contributed by atoms with van der Waals surface area (Å²) in [5, 5.41) is 0. The SMILES string of the molecule is CCOC(=O)C(Cc1ccc(OCCn2c(C)ccc2-c2ccccc2)cc1)OC. The number of aromatic nitrogens is 1. The Hall–Kier alpha value is -3.05. The van der Waals surface area contributed by atoms with Gasteiger partial charge in [0.15, 0.2) is 6.10 Å². The van der Waals surface area contributed by atoms with E-state index in [0.29, 0.717) is 19.6 Å². The van der Waals surface area contributed by atoms with Crippen LogP contribution in [0.2, 0.25) is 0 Å². The number of rotatable bonds is 10. The lowest BCUT2D eigenvalue weighted by atomic mass is 10.1. The molecular formula is C25H29NO4. The topological polar surface area (TPSA) is 49.7 Å². The number of methoxy groups -OCH3 is 1. The minimum absolute atomic E-state index is 0.336. The van der Waals surface area contributed by atoms with Crippen LogP contribution in [0.5, 0.6) is 5.75 Å². The monoisotopic (exact) mass is 407 g/mol. The van der Waals surface area contributed by atoms with E-state index in [9.17, 15) is 4.79 Å². The number of hydrogen-bond donors (Lipinski definition) is 0. The maximum Gasteiger partial charge on any atom is 0.335 e. The summed E-state index contributed by atoms with van der Waals surface area (Å²) >= 11 is 0. The second-order valence-corrected chi connectivity index (χ2v) is 7.05. The molecule has 0 aliphatic rings. The molecular weight excluding hydrogens is 378 g/mol. The lowest BCUT2D eigenvalue weighted by Gasteiger charge is -2.15. The van der Waals surface area contributed by atoms with Crippen molar-refractivity contribution in [2.24, 2.45) is 0 Å². The molecule has 0 aliphatic carbocycles. The zero-order chi connectivity index (χ0) is 21.3. The second-order valence-electron chi connectivity index (χ2n) is 7.05. The Morgan fingerprint density at radius 1 is 1.00 bits per heavy atom. The van der Waals surface area contributed by atoms with Crippen LogP contribution < -0.4 is 4.74 Å². The third kappa shape index (κ3) is 5.51. The van der Waals surface area contributed by atoms with Crippen molar-refractivity contribution in [3.8, 4) is 17.0 Å². The summed E-state index contributed by atoms with van der Waals surface area (Å²) in [6.45, 7) is 5.57. The van der Waals surface area contributed by atoms with Crippen LogP contribution in [0.25, 0.3) is 11.3 Å². The van der Waals surface area contributed by atoms with Gasteiger partial charge in [-0.05, 0) is 49.2 Å². The standard InChI is InChI=1S/C25H29NO4/c1-4-29-25(27)24(28-3)18-20-11-13-22(14-12-20)30-17-16-26-19(2)10-15-23(26)21-8-6-5-7-9-21/h5-15,24H,4,16-18H2,1-3H3. The molecule has 2 aromatic carbocycles. The minimum atomic E-state index is -0.593. The Morgan fingerprint density at radius 3 is 2.40 bits per heavy atom. The highest BCUT2D eigenvalue weighted by atomic mass is 16.6. The summed E-state index contributed by atoms with van der Waals surface area (Å²) in [5.41, 5.74) is 4.59. The highest BCUT2D eigenvalue weighted by molar-refractivity contribution is 5.75. The summed E-state index contributed by atoms with van der Waals surface area (Å²) in [5.74, 6) is 0.464. The van der Waals surface area contributed by atoms with E-state index in [2.05, 4.69) is 47.9 Å². The molecule has 0 fully saturated rings. The predicted octanol–water partition coefficient (Wildman–Crippen LogP) is 4.66. The molecule has 3 rings (SSSR count). The second kappa shape index (κ2) is 10.6. The number of carbonyl (C=O) groups is 1. The fourth-order valence-electron chi connectivity index (χ4n) is 3.42. The van der Waals surface area contributed by atoms with E-state index in [4.69, 9.17) is 14.2 Å². The Balaban J connectivity index is 1.56. The molecule has 0 amide bonds. The molecule has 0 saturated heterocycles. The predicted molar refractivity (Wildman–Crippen MR) is 118 cm³/mol. The number of carbonyl (C=O) groups excluding carboxylic acids is 1. The van der Waals surface area contributed by atoms with Crippen molar-refractivity contribution in [3.63, 3.8) is 0 Å². The lowest BCUT2D eigenvalue weighted by molar-refractivity contribution is -0.154. The van der Waals surface area contributed by atoms with Crippen LogP contribution in [0.4, 0.5) is 0 Å². The van der Waals surface area contributed by atoms with Crippen molar-refractivity contribution >= 4 is 5.97 Å². The molecule has 1 heterocycles. The normalized spacial score (nSPS) is 11.8. The van der Waals surface area contributed by atoms with Gasteiger partial charge in [-0.3, -0.25) is 0 Å². The van der Waals surface area contributed by atoms with Crippen LogP contribution in [0.3, 0.4) is 0 Å². The van der Waals surface area contributed by atoms with Crippen molar-refractivity contribution < 1.29 is 19.0 Å². The van der Waals surface area contributed by atoms with E-state index < -0.39 is 6.10 Å². The average molecular weight is 408 g/mol. The van der Waals surface area contributed by atoms with Gasteiger partial charge < -0.3 is 18.8 Å². The van der Waals surface area contributed by atoms with E-state index >= 15 is 0 Å². The van der Waals surface area contributed by atoms with Crippen LogP contribution in [-0.2, 0) is 27.2 Å². The molecule has 5 heteroatoms. The van der Waals surface area contributed by atoms with Crippen LogP contribution in [0.1, 0.15) is 18.2 Å². The molecule has 5 nitrogen and oxygen atoms in total. The maximum absolute atomic E-state index is 11.9. The molecule has 158 valence electrons. The van der Waals surface area contributed by atoms with Crippen molar-refractivity contribution in [3.05, 3.63) is 78.0 Å². The first kappa shape index (κ1) is 21.7. The molecule has 0 bridgehead atoms. The van der Waals surface area contributed by atoms with Gasteiger partial charge in [-0.2, -0.15) is 0 Å². The molecule has 1 unspecified atom stereocenters. The highest BCUT2D eigenvalue weighted by Crippen LogP contribution is 2.22. The molecule has 3 aromatic rings. The minimum Gasteiger partial charge on any atom is -0.492 e. The number of benzene rings is 2. The smallest absolute Gasteiger partial charge is 0.335 e. The fourth-order valence-corrected chi connectivity index (χ4v) is 3.42. The quantitative estimate of drug-likeness (QED) is 0.459. The number of esters is 1. The number of nitrogens with zero attached hydrogens (tertiary/aromatic N) is 1. The van der Waals surface area contributed by atoms with Crippen LogP contribution in [0.15, 0.2) is 66.7 Å². The summed E-state index contributed by atoms with van der Waals surface area (Å²) in [4.78, 5) is 11.9. The Bertz CT molecular complexity index is 932. The van der Waals surface area contributed by atoms with Crippen molar-refractivity contribution in [1.29, 1.82) is 0 Å². The summed E-state index contributed by atoms with van der Waals surface area (Å²) < 4.78 is 18.5. The molecule has 0 aliphatic heterocycles. The van der Waals surface area contributed by atoms with Gasteiger partial charge in [0.2, 0.25) is 0 Å². The Morgan fingerprint density at radius 2 is 1.73 bits per heavy atom. The molecule has 0 radical (unpaired) electrons. The van der Waals surface area contributed by atoms with E-state index in [1.54, 1.807) is 6.92 Å². The summed E-state index contributed by atoms with van der Waals surface area (Å²) in [7, 11) is 1.52. The summed E-state index contributed by atoms with van der Waals surface area (Å²) in [6, 6.07) is 22.4. The third-order valence-corrected chi connectivity index (χ3v) is 5.03. The van der Waals surface area contributed by atoms with Gasteiger partial charge in [0, 0.05) is 24.9 Å². The van der Waals surface area contributed by atoms with Crippen LogP contribution >= 0.6 is 0 Å². The van der Waals surface area contributed by atoms with Crippen LogP contribution in [0, 0.1) is 6.92 Å². The highest BCUT2D eigenvalue weighted by Gasteiger charge is 2.19.